The predicted molar refractivity (Wildman–Crippen MR) is 137 cm³/mol. The summed E-state index contributed by atoms with van der Waals surface area (Å²) in [5.74, 6) is 2.41. The molecule has 3 aromatic carbocycles. The number of methoxy groups -OCH3 is 3. The van der Waals surface area contributed by atoms with Crippen molar-refractivity contribution in [3.63, 3.8) is 0 Å². The van der Waals surface area contributed by atoms with Crippen LogP contribution in [0.25, 0.3) is 0 Å². The quantitative estimate of drug-likeness (QED) is 0.447. The Balaban J connectivity index is 1.56. The van der Waals surface area contributed by atoms with Crippen LogP contribution in [0.4, 0.5) is 0 Å². The Kier molecular flexibility index (Phi) is 7.83. The molecule has 0 aliphatic carbocycles. The van der Waals surface area contributed by atoms with Crippen LogP contribution in [0.15, 0.2) is 60.7 Å². The van der Waals surface area contributed by atoms with E-state index in [-0.39, 0.29) is 12.4 Å². The van der Waals surface area contributed by atoms with E-state index in [1.54, 1.807) is 33.5 Å². The van der Waals surface area contributed by atoms with E-state index in [4.69, 9.17) is 14.2 Å². The molecule has 35 heavy (non-hydrogen) atoms. The van der Waals surface area contributed by atoms with E-state index in [1.807, 2.05) is 36.4 Å². The number of aliphatic hydroxyl groups excluding tert-OH is 1. The highest BCUT2D eigenvalue weighted by atomic mass is 16.5. The molecule has 0 fully saturated rings. The molecule has 6 nitrogen and oxygen atoms in total. The first-order chi connectivity index (χ1) is 17.1. The number of hydrogen-bond donors (Lipinski definition) is 2. The minimum atomic E-state index is -0.776. The fourth-order valence-corrected chi connectivity index (χ4v) is 5.32. The number of hydrogen-bond acceptors (Lipinski definition) is 6. The maximum atomic E-state index is 10.8. The molecule has 1 aliphatic heterocycles. The summed E-state index contributed by atoms with van der Waals surface area (Å²) in [6.07, 6.45) is 2.46. The second-order valence-corrected chi connectivity index (χ2v) is 9.06. The predicted octanol–water partition coefficient (Wildman–Crippen LogP) is 4.53. The fraction of sp³-hybridized carbons (Fsp3) is 0.379. The van der Waals surface area contributed by atoms with Gasteiger partial charge in [-0.3, -0.25) is 4.90 Å². The molecule has 0 radical (unpaired) electrons. The van der Waals surface area contributed by atoms with Crippen LogP contribution in [0.5, 0.6) is 23.0 Å². The van der Waals surface area contributed by atoms with E-state index in [2.05, 4.69) is 17.0 Å². The molecule has 186 valence electrons. The maximum Gasteiger partial charge on any atom is 0.161 e. The van der Waals surface area contributed by atoms with Crippen molar-refractivity contribution in [3.05, 3.63) is 82.9 Å². The van der Waals surface area contributed by atoms with Crippen LogP contribution in [0.2, 0.25) is 0 Å². The summed E-state index contributed by atoms with van der Waals surface area (Å²) in [7, 11) is 4.97. The highest BCUT2D eigenvalue weighted by molar-refractivity contribution is 5.52. The van der Waals surface area contributed by atoms with Gasteiger partial charge < -0.3 is 24.4 Å². The molecule has 0 saturated carbocycles. The van der Waals surface area contributed by atoms with E-state index in [9.17, 15) is 10.2 Å². The molecule has 0 spiro atoms. The zero-order valence-corrected chi connectivity index (χ0v) is 20.8. The Hall–Kier alpha value is -3.22. The minimum Gasteiger partial charge on any atom is -0.508 e. The first-order valence-electron chi connectivity index (χ1n) is 12.0. The molecule has 0 aromatic heterocycles. The molecule has 2 N–H and O–H groups in total. The molecular formula is C29H35NO5. The summed E-state index contributed by atoms with van der Waals surface area (Å²) in [4.78, 5) is 2.43. The first kappa shape index (κ1) is 24.9. The van der Waals surface area contributed by atoms with E-state index < -0.39 is 5.41 Å². The van der Waals surface area contributed by atoms with Crippen LogP contribution in [0.3, 0.4) is 0 Å². The number of phenols is 1. The molecule has 1 aliphatic rings. The first-order valence-corrected chi connectivity index (χ1v) is 12.0. The van der Waals surface area contributed by atoms with Crippen molar-refractivity contribution in [3.8, 4) is 23.0 Å². The lowest BCUT2D eigenvalue weighted by Crippen LogP contribution is -2.36. The number of aromatic hydroxyl groups is 1. The third-order valence-corrected chi connectivity index (χ3v) is 7.19. The lowest BCUT2D eigenvalue weighted by molar-refractivity contribution is 0.188. The molecule has 6 heteroatoms. The van der Waals surface area contributed by atoms with E-state index in [1.165, 1.54) is 11.1 Å². The third-order valence-electron chi connectivity index (χ3n) is 7.19. The van der Waals surface area contributed by atoms with Gasteiger partial charge in [-0.15, -0.1) is 0 Å². The van der Waals surface area contributed by atoms with Crippen LogP contribution >= 0.6 is 0 Å². The second kappa shape index (κ2) is 11.0. The summed E-state index contributed by atoms with van der Waals surface area (Å²) in [6, 6.07) is 19.2. The molecule has 1 unspecified atom stereocenters. The summed E-state index contributed by atoms with van der Waals surface area (Å²) in [5, 5.41) is 21.6. The van der Waals surface area contributed by atoms with Crippen LogP contribution in [0, 0.1) is 0 Å². The highest BCUT2D eigenvalue weighted by Crippen LogP contribution is 2.44. The smallest absolute Gasteiger partial charge is 0.161 e. The lowest BCUT2D eigenvalue weighted by Gasteiger charge is -2.36. The van der Waals surface area contributed by atoms with Crippen molar-refractivity contribution in [2.45, 2.75) is 31.2 Å². The Morgan fingerprint density at radius 2 is 1.46 bits per heavy atom. The van der Waals surface area contributed by atoms with E-state index in [0.29, 0.717) is 17.7 Å². The number of rotatable bonds is 10. The number of para-hydroxylation sites is 2. The van der Waals surface area contributed by atoms with Gasteiger partial charge in [0.15, 0.2) is 11.5 Å². The number of fused-ring (bicyclic) bond motifs is 1. The summed E-state index contributed by atoms with van der Waals surface area (Å²) >= 11 is 0. The van der Waals surface area contributed by atoms with Crippen LogP contribution < -0.4 is 14.2 Å². The second-order valence-electron chi connectivity index (χ2n) is 9.06. The van der Waals surface area contributed by atoms with E-state index in [0.717, 1.165) is 49.5 Å². The summed E-state index contributed by atoms with van der Waals surface area (Å²) in [6.45, 7) is 2.54. The number of ether oxygens (including phenoxy) is 3. The largest absolute Gasteiger partial charge is 0.508 e. The maximum absolute atomic E-state index is 10.8. The van der Waals surface area contributed by atoms with E-state index >= 15 is 0 Å². The normalized spacial score (nSPS) is 15.2. The Morgan fingerprint density at radius 1 is 0.829 bits per heavy atom. The Bertz CT molecular complexity index is 1150. The van der Waals surface area contributed by atoms with Gasteiger partial charge in [-0.1, -0.05) is 36.4 Å². The minimum absolute atomic E-state index is 0.134. The summed E-state index contributed by atoms with van der Waals surface area (Å²) in [5.41, 5.74) is 3.38. The van der Waals surface area contributed by atoms with Crippen molar-refractivity contribution in [1.29, 1.82) is 0 Å². The van der Waals surface area contributed by atoms with Crippen molar-refractivity contribution in [1.82, 2.24) is 4.90 Å². The van der Waals surface area contributed by atoms with Gasteiger partial charge in [-0.25, -0.2) is 0 Å². The third kappa shape index (κ3) is 4.95. The molecule has 0 bridgehead atoms. The Morgan fingerprint density at radius 3 is 2.11 bits per heavy atom. The zero-order chi connectivity index (χ0) is 24.8. The number of benzene rings is 3. The number of aliphatic hydroxyl groups is 1. The zero-order valence-electron chi connectivity index (χ0n) is 20.8. The van der Waals surface area contributed by atoms with Gasteiger partial charge in [0.05, 0.1) is 33.4 Å². The van der Waals surface area contributed by atoms with Gasteiger partial charge in [0, 0.05) is 24.2 Å². The topological polar surface area (TPSA) is 71.4 Å². The molecule has 1 heterocycles. The van der Waals surface area contributed by atoms with Crippen LogP contribution in [-0.2, 0) is 18.4 Å². The fourth-order valence-electron chi connectivity index (χ4n) is 5.32. The monoisotopic (exact) mass is 477 g/mol. The van der Waals surface area contributed by atoms with Crippen molar-refractivity contribution < 1.29 is 24.4 Å². The van der Waals surface area contributed by atoms with Gasteiger partial charge >= 0.3 is 0 Å². The van der Waals surface area contributed by atoms with Crippen molar-refractivity contribution in [2.75, 3.05) is 41.0 Å². The number of nitrogens with zero attached hydrogens (tertiary/aromatic N) is 1. The molecule has 0 saturated heterocycles. The molecule has 0 amide bonds. The average molecular weight is 478 g/mol. The standard InChI is InChI=1S/C29H35NO5/c1-33-26-12-7-5-10-24(26)29(20-31,23-9-4-6-11-25(23)32)14-8-15-30-16-13-21-17-27(34-2)28(35-3)18-22(21)19-30/h4-7,9-12,17-18,31-32H,8,13-16,19-20H2,1-3H3. The summed E-state index contributed by atoms with van der Waals surface area (Å²) < 4.78 is 16.6. The SMILES string of the molecule is COc1cc2c(cc1OC)CN(CCCC(CO)(c1ccccc1O)c1ccccc1OC)CC2. The molecule has 3 aromatic rings. The van der Waals surface area contributed by atoms with Gasteiger partial charge in [-0.05, 0) is 61.2 Å². The molecular weight excluding hydrogens is 442 g/mol. The highest BCUT2D eigenvalue weighted by Gasteiger charge is 2.38. The van der Waals surface area contributed by atoms with Gasteiger partial charge in [0.1, 0.15) is 11.5 Å². The molecule has 1 atom stereocenters. The lowest BCUT2D eigenvalue weighted by atomic mass is 9.71. The Labute approximate surface area is 207 Å². The molecule has 4 rings (SSSR count). The van der Waals surface area contributed by atoms with Gasteiger partial charge in [0.25, 0.3) is 0 Å². The average Bonchev–Trinajstić information content (AvgIpc) is 2.91. The van der Waals surface area contributed by atoms with Crippen molar-refractivity contribution >= 4 is 0 Å². The van der Waals surface area contributed by atoms with Gasteiger partial charge in [-0.2, -0.15) is 0 Å². The van der Waals surface area contributed by atoms with Crippen LogP contribution in [0.1, 0.15) is 35.1 Å². The van der Waals surface area contributed by atoms with Gasteiger partial charge in [0.2, 0.25) is 0 Å². The van der Waals surface area contributed by atoms with Crippen LogP contribution in [-0.4, -0.2) is 56.1 Å². The van der Waals surface area contributed by atoms with Crippen molar-refractivity contribution in [2.24, 2.45) is 0 Å². The number of phenolic OH excluding ortho intramolecular Hbond substituents is 1.